The summed E-state index contributed by atoms with van der Waals surface area (Å²) in [5, 5.41) is 21.8. The quantitative estimate of drug-likeness (QED) is 0.617. The first-order chi connectivity index (χ1) is 9.36. The lowest BCUT2D eigenvalue weighted by Crippen LogP contribution is -2.32. The molecule has 1 rings (SSSR count). The number of carbonyl (C=O) groups is 2. The molecule has 0 aliphatic rings. The minimum Gasteiger partial charge on any atom is -0.481 e. The molecule has 1 aromatic rings. The van der Waals surface area contributed by atoms with E-state index in [9.17, 15) is 19.7 Å². The fourth-order valence-electron chi connectivity index (χ4n) is 1.52. The largest absolute Gasteiger partial charge is 0.481 e. The molecule has 0 fully saturated rings. The van der Waals surface area contributed by atoms with Crippen molar-refractivity contribution in [2.45, 2.75) is 13.3 Å². The second-order valence-corrected chi connectivity index (χ2v) is 4.48. The highest BCUT2D eigenvalue weighted by atomic mass is 35.5. The van der Waals surface area contributed by atoms with E-state index in [1.165, 1.54) is 12.1 Å². The molecule has 0 bridgehead atoms. The van der Waals surface area contributed by atoms with Crippen LogP contribution in [0, 0.1) is 16.0 Å². The van der Waals surface area contributed by atoms with E-state index in [0.29, 0.717) is 6.42 Å². The van der Waals surface area contributed by atoms with Gasteiger partial charge in [-0.1, -0.05) is 18.5 Å². The number of aliphatic carboxylic acids is 1. The second kappa shape index (κ2) is 6.85. The summed E-state index contributed by atoms with van der Waals surface area (Å²) in [5.41, 5.74) is -0.152. The van der Waals surface area contributed by atoms with E-state index >= 15 is 0 Å². The topological polar surface area (TPSA) is 110 Å². The van der Waals surface area contributed by atoms with E-state index in [-0.39, 0.29) is 22.8 Å². The van der Waals surface area contributed by atoms with Crippen molar-refractivity contribution in [1.29, 1.82) is 0 Å². The predicted octanol–water partition coefficient (Wildman–Crippen LogP) is 2.09. The minimum atomic E-state index is -0.991. The maximum atomic E-state index is 11.8. The summed E-state index contributed by atoms with van der Waals surface area (Å²) in [6, 6.07) is 3.57. The fourth-order valence-corrected chi connectivity index (χ4v) is 1.77. The molecular formula is C12H13ClN2O5. The molecule has 2 N–H and O–H groups in total. The Hall–Kier alpha value is -2.15. The van der Waals surface area contributed by atoms with Crippen LogP contribution < -0.4 is 5.32 Å². The standard InChI is InChI=1S/C12H13ClN2O5/c1-2-7(12(17)18)6-14-11(16)8-3-4-10(15(19)20)9(13)5-8/h3-5,7H,2,6H2,1H3,(H,14,16)(H,17,18). The Morgan fingerprint density at radius 3 is 2.60 bits per heavy atom. The molecule has 0 aliphatic carbocycles. The maximum absolute atomic E-state index is 11.8. The molecule has 0 aliphatic heterocycles. The van der Waals surface area contributed by atoms with Crippen LogP contribution in [0.25, 0.3) is 0 Å². The van der Waals surface area contributed by atoms with Gasteiger partial charge in [0.05, 0.1) is 10.8 Å². The summed E-state index contributed by atoms with van der Waals surface area (Å²) in [5.74, 6) is -2.19. The number of nitrogens with one attached hydrogen (secondary N) is 1. The van der Waals surface area contributed by atoms with Gasteiger partial charge in [0.1, 0.15) is 5.02 Å². The lowest BCUT2D eigenvalue weighted by molar-refractivity contribution is -0.384. The van der Waals surface area contributed by atoms with Gasteiger partial charge in [-0.05, 0) is 18.6 Å². The number of nitrogens with zero attached hydrogens (tertiary/aromatic N) is 1. The summed E-state index contributed by atoms with van der Waals surface area (Å²) in [6.45, 7) is 1.69. The van der Waals surface area contributed by atoms with Crippen molar-refractivity contribution in [2.75, 3.05) is 6.54 Å². The van der Waals surface area contributed by atoms with Crippen LogP contribution in [-0.4, -0.2) is 28.5 Å². The van der Waals surface area contributed by atoms with Gasteiger partial charge in [0.15, 0.2) is 0 Å². The predicted molar refractivity (Wildman–Crippen MR) is 71.9 cm³/mol. The maximum Gasteiger partial charge on any atom is 0.308 e. The van der Waals surface area contributed by atoms with Gasteiger partial charge in [0, 0.05) is 18.2 Å². The molecule has 7 nitrogen and oxygen atoms in total. The highest BCUT2D eigenvalue weighted by Gasteiger charge is 2.18. The normalized spacial score (nSPS) is 11.7. The summed E-state index contributed by atoms with van der Waals surface area (Å²) in [4.78, 5) is 32.5. The number of rotatable bonds is 6. The highest BCUT2D eigenvalue weighted by molar-refractivity contribution is 6.33. The Kier molecular flexibility index (Phi) is 5.45. The number of hydrogen-bond donors (Lipinski definition) is 2. The van der Waals surface area contributed by atoms with Gasteiger partial charge in [0.25, 0.3) is 11.6 Å². The first kappa shape index (κ1) is 15.9. The third-order valence-corrected chi connectivity index (χ3v) is 3.06. The molecule has 8 heteroatoms. The molecule has 0 saturated carbocycles. The minimum absolute atomic E-state index is 0.0146. The van der Waals surface area contributed by atoms with Gasteiger partial charge in [-0.25, -0.2) is 0 Å². The molecule has 1 unspecified atom stereocenters. The number of halogens is 1. The smallest absolute Gasteiger partial charge is 0.308 e. The summed E-state index contributed by atoms with van der Waals surface area (Å²) < 4.78 is 0. The lowest BCUT2D eigenvalue weighted by Gasteiger charge is -2.11. The van der Waals surface area contributed by atoms with Crippen molar-refractivity contribution in [3.05, 3.63) is 38.9 Å². The average molecular weight is 301 g/mol. The summed E-state index contributed by atoms with van der Waals surface area (Å²) in [7, 11) is 0. The zero-order valence-electron chi connectivity index (χ0n) is 10.6. The van der Waals surface area contributed by atoms with Crippen LogP contribution in [0.3, 0.4) is 0 Å². The van der Waals surface area contributed by atoms with E-state index < -0.39 is 22.7 Å². The van der Waals surface area contributed by atoms with Gasteiger partial charge < -0.3 is 10.4 Å². The first-order valence-corrected chi connectivity index (χ1v) is 6.19. The highest BCUT2D eigenvalue weighted by Crippen LogP contribution is 2.24. The van der Waals surface area contributed by atoms with Crippen molar-refractivity contribution >= 4 is 29.2 Å². The zero-order valence-corrected chi connectivity index (χ0v) is 11.4. The van der Waals surface area contributed by atoms with Crippen molar-refractivity contribution in [3.63, 3.8) is 0 Å². The Morgan fingerprint density at radius 2 is 2.15 bits per heavy atom. The van der Waals surface area contributed by atoms with E-state index in [1.807, 2.05) is 0 Å². The van der Waals surface area contributed by atoms with Gasteiger partial charge in [-0.15, -0.1) is 0 Å². The van der Waals surface area contributed by atoms with Crippen LogP contribution in [0.15, 0.2) is 18.2 Å². The van der Waals surface area contributed by atoms with Crippen molar-refractivity contribution < 1.29 is 19.6 Å². The van der Waals surface area contributed by atoms with Crippen molar-refractivity contribution in [1.82, 2.24) is 5.32 Å². The first-order valence-electron chi connectivity index (χ1n) is 5.81. The third-order valence-electron chi connectivity index (χ3n) is 2.76. The van der Waals surface area contributed by atoms with Crippen LogP contribution in [0.2, 0.25) is 5.02 Å². The van der Waals surface area contributed by atoms with Crippen LogP contribution in [0.4, 0.5) is 5.69 Å². The molecule has 1 atom stereocenters. The number of nitro benzene ring substituents is 1. The van der Waals surface area contributed by atoms with Crippen molar-refractivity contribution in [3.8, 4) is 0 Å². The molecule has 0 heterocycles. The Balaban J connectivity index is 2.76. The number of carboxylic acids is 1. The third kappa shape index (κ3) is 3.92. The summed E-state index contributed by atoms with van der Waals surface area (Å²) >= 11 is 5.69. The molecule has 0 radical (unpaired) electrons. The van der Waals surface area contributed by atoms with Gasteiger partial charge >= 0.3 is 5.97 Å². The molecule has 0 spiro atoms. The van der Waals surface area contributed by atoms with Gasteiger partial charge in [-0.2, -0.15) is 0 Å². The molecular weight excluding hydrogens is 288 g/mol. The summed E-state index contributed by atoms with van der Waals surface area (Å²) in [6.07, 6.45) is 0.386. The molecule has 20 heavy (non-hydrogen) atoms. The number of carbonyl (C=O) groups excluding carboxylic acids is 1. The number of amides is 1. The fraction of sp³-hybridized carbons (Fsp3) is 0.333. The number of nitro groups is 1. The Morgan fingerprint density at radius 1 is 1.50 bits per heavy atom. The van der Waals surface area contributed by atoms with Crippen LogP contribution in [0.5, 0.6) is 0 Å². The Bertz CT molecular complexity index is 547. The van der Waals surface area contributed by atoms with E-state index in [4.69, 9.17) is 16.7 Å². The second-order valence-electron chi connectivity index (χ2n) is 4.08. The molecule has 108 valence electrons. The number of carboxylic acid groups (broad SMARTS) is 1. The monoisotopic (exact) mass is 300 g/mol. The van der Waals surface area contributed by atoms with E-state index in [2.05, 4.69) is 5.32 Å². The van der Waals surface area contributed by atoms with E-state index in [1.54, 1.807) is 6.92 Å². The van der Waals surface area contributed by atoms with Gasteiger partial charge in [0.2, 0.25) is 0 Å². The van der Waals surface area contributed by atoms with Crippen LogP contribution in [-0.2, 0) is 4.79 Å². The molecule has 1 aromatic carbocycles. The zero-order chi connectivity index (χ0) is 15.3. The molecule has 0 saturated heterocycles. The number of benzene rings is 1. The van der Waals surface area contributed by atoms with Crippen LogP contribution in [0.1, 0.15) is 23.7 Å². The van der Waals surface area contributed by atoms with Crippen molar-refractivity contribution in [2.24, 2.45) is 5.92 Å². The lowest BCUT2D eigenvalue weighted by atomic mass is 10.1. The van der Waals surface area contributed by atoms with E-state index in [0.717, 1.165) is 6.07 Å². The van der Waals surface area contributed by atoms with Crippen LogP contribution >= 0.6 is 11.6 Å². The average Bonchev–Trinajstić information content (AvgIpc) is 2.38. The SMILES string of the molecule is CCC(CNC(=O)c1ccc([N+](=O)[O-])c(Cl)c1)C(=O)O. The molecule has 1 amide bonds. The van der Waals surface area contributed by atoms with Gasteiger partial charge in [-0.3, -0.25) is 19.7 Å². The number of hydrogen-bond acceptors (Lipinski definition) is 4. The molecule has 0 aromatic heterocycles. The Labute approximate surface area is 119 Å².